The first-order valence-corrected chi connectivity index (χ1v) is 14.1. The molecule has 196 valence electrons. The Bertz CT molecular complexity index is 1060. The predicted octanol–water partition coefficient (Wildman–Crippen LogP) is 6.33. The molecular formula is C28H36F2N2O3S. The van der Waals surface area contributed by atoms with Crippen molar-refractivity contribution in [2.45, 2.75) is 77.2 Å². The molecule has 2 aromatic rings. The Kier molecular flexibility index (Phi) is 7.91. The minimum absolute atomic E-state index is 0.277. The number of ether oxygens (including phenoxy) is 2. The minimum Gasteiger partial charge on any atom is -0.493 e. The third-order valence-electron chi connectivity index (χ3n) is 7.79. The van der Waals surface area contributed by atoms with Crippen LogP contribution in [0.4, 0.5) is 8.78 Å². The van der Waals surface area contributed by atoms with E-state index in [-0.39, 0.29) is 5.78 Å². The van der Waals surface area contributed by atoms with E-state index in [1.165, 1.54) is 24.2 Å². The van der Waals surface area contributed by atoms with Crippen LogP contribution in [0, 0.1) is 11.8 Å². The average Bonchev–Trinajstić information content (AvgIpc) is 3.29. The second-order valence-corrected chi connectivity index (χ2v) is 11.8. The summed E-state index contributed by atoms with van der Waals surface area (Å²) in [7, 11) is 0. The van der Waals surface area contributed by atoms with Crippen molar-refractivity contribution in [2.24, 2.45) is 11.8 Å². The summed E-state index contributed by atoms with van der Waals surface area (Å²) < 4.78 is 37.1. The molecule has 1 aromatic heterocycles. The van der Waals surface area contributed by atoms with Crippen LogP contribution in [0.1, 0.15) is 78.4 Å². The van der Waals surface area contributed by atoms with Crippen LogP contribution in [0.25, 0.3) is 0 Å². The fourth-order valence-corrected chi connectivity index (χ4v) is 6.69. The molecule has 0 amide bonds. The van der Waals surface area contributed by atoms with Crippen molar-refractivity contribution < 1.29 is 23.0 Å². The number of benzene rings is 1. The first-order valence-electron chi connectivity index (χ1n) is 13.3. The smallest absolute Gasteiger partial charge is 0.278 e. The largest absolute Gasteiger partial charge is 0.493 e. The third kappa shape index (κ3) is 6.43. The molecule has 0 bridgehead atoms. The molecule has 3 heterocycles. The molecule has 0 atom stereocenters. The third-order valence-corrected chi connectivity index (χ3v) is 8.86. The maximum atomic E-state index is 13.1. The van der Waals surface area contributed by atoms with E-state index in [1.54, 1.807) is 0 Å². The molecule has 0 radical (unpaired) electrons. The summed E-state index contributed by atoms with van der Waals surface area (Å²) in [5.74, 6) is -0.489. The molecule has 0 spiro atoms. The Balaban J connectivity index is 1.05. The van der Waals surface area contributed by atoms with Gasteiger partial charge in [-0.3, -0.25) is 9.69 Å². The molecule has 0 saturated heterocycles. The van der Waals surface area contributed by atoms with Gasteiger partial charge in [-0.2, -0.15) is 0 Å². The Morgan fingerprint density at radius 3 is 2.83 bits per heavy atom. The van der Waals surface area contributed by atoms with Gasteiger partial charge >= 0.3 is 0 Å². The number of thiazole rings is 1. The van der Waals surface area contributed by atoms with Crippen molar-refractivity contribution in [1.29, 1.82) is 0 Å². The van der Waals surface area contributed by atoms with Gasteiger partial charge in [0.2, 0.25) is 0 Å². The summed E-state index contributed by atoms with van der Waals surface area (Å²) in [4.78, 5) is 21.1. The molecule has 5 rings (SSSR count). The number of aromatic nitrogens is 1. The maximum Gasteiger partial charge on any atom is 0.278 e. The number of hydrogen-bond acceptors (Lipinski definition) is 6. The van der Waals surface area contributed by atoms with E-state index in [2.05, 4.69) is 9.88 Å². The van der Waals surface area contributed by atoms with Crippen LogP contribution in [0.5, 0.6) is 10.9 Å². The Labute approximate surface area is 216 Å². The standard InChI is InChI=1S/C28H36F2N2O3S/c1-28(29,30)18-35-27-31-23-17-32(14-12-26(23)36-27)13-11-19-7-9-20(10-8-19)16-24(33)21-4-2-6-25-22(21)5-3-15-34-25/h2,4,6,19-20H,3,5,7-18H2,1H3. The molecule has 1 aliphatic carbocycles. The number of hydrogen-bond donors (Lipinski definition) is 0. The molecule has 0 N–H and O–H groups in total. The zero-order chi connectivity index (χ0) is 25.1. The number of nitrogens with zero attached hydrogens (tertiary/aromatic N) is 2. The number of rotatable bonds is 9. The second kappa shape index (κ2) is 11.1. The average molecular weight is 519 g/mol. The van der Waals surface area contributed by atoms with Gasteiger partial charge in [0, 0.05) is 42.4 Å². The SMILES string of the molecule is CC(F)(F)COc1nc2c(s1)CCN(CCC1CCC(CC(=O)c3cccc4c3CCCO4)CC1)C2. The number of halogens is 2. The fourth-order valence-electron chi connectivity index (χ4n) is 5.78. The predicted molar refractivity (Wildman–Crippen MR) is 136 cm³/mol. The zero-order valence-electron chi connectivity index (χ0n) is 21.1. The van der Waals surface area contributed by atoms with Crippen LogP contribution in [-0.2, 0) is 19.4 Å². The van der Waals surface area contributed by atoms with Crippen molar-refractivity contribution >= 4 is 17.1 Å². The highest BCUT2D eigenvalue weighted by Gasteiger charge is 2.28. The number of fused-ring (bicyclic) bond motifs is 2. The summed E-state index contributed by atoms with van der Waals surface area (Å²) in [6, 6.07) is 5.90. The molecule has 36 heavy (non-hydrogen) atoms. The van der Waals surface area contributed by atoms with E-state index in [0.717, 1.165) is 99.1 Å². The number of carbonyl (C=O) groups excluding carboxylic acids is 1. The van der Waals surface area contributed by atoms with E-state index >= 15 is 0 Å². The quantitative estimate of drug-likeness (QED) is 0.363. The number of ketones is 1. The van der Waals surface area contributed by atoms with Crippen LogP contribution in [0.3, 0.4) is 0 Å². The van der Waals surface area contributed by atoms with Gasteiger partial charge in [-0.1, -0.05) is 36.3 Å². The highest BCUT2D eigenvalue weighted by Crippen LogP contribution is 2.36. The summed E-state index contributed by atoms with van der Waals surface area (Å²) in [5, 5.41) is 0.361. The van der Waals surface area contributed by atoms with Crippen molar-refractivity contribution in [2.75, 3.05) is 26.3 Å². The first-order chi connectivity index (χ1) is 17.3. The lowest BCUT2D eigenvalue weighted by atomic mass is 9.77. The zero-order valence-corrected chi connectivity index (χ0v) is 21.9. The summed E-state index contributed by atoms with van der Waals surface area (Å²) in [5.41, 5.74) is 2.96. The second-order valence-electron chi connectivity index (χ2n) is 10.8. The molecule has 0 unspecified atom stereocenters. The lowest BCUT2D eigenvalue weighted by molar-refractivity contribution is -0.0230. The normalized spacial score (nSPS) is 22.4. The van der Waals surface area contributed by atoms with Gasteiger partial charge in [-0.05, 0) is 63.0 Å². The highest BCUT2D eigenvalue weighted by atomic mass is 32.1. The Morgan fingerprint density at radius 1 is 1.22 bits per heavy atom. The monoisotopic (exact) mass is 518 g/mol. The first kappa shape index (κ1) is 25.6. The molecule has 1 aromatic carbocycles. The van der Waals surface area contributed by atoms with Crippen LogP contribution < -0.4 is 9.47 Å². The molecule has 8 heteroatoms. The molecule has 5 nitrogen and oxygen atoms in total. The Hall–Kier alpha value is -2.06. The highest BCUT2D eigenvalue weighted by molar-refractivity contribution is 7.13. The van der Waals surface area contributed by atoms with E-state index in [4.69, 9.17) is 9.47 Å². The van der Waals surface area contributed by atoms with Crippen LogP contribution in [0.15, 0.2) is 18.2 Å². The van der Waals surface area contributed by atoms with Crippen molar-refractivity contribution in [3.05, 3.63) is 39.9 Å². The number of carbonyl (C=O) groups is 1. The topological polar surface area (TPSA) is 51.7 Å². The maximum absolute atomic E-state index is 13.1. The van der Waals surface area contributed by atoms with Gasteiger partial charge in [0.1, 0.15) is 5.75 Å². The Morgan fingerprint density at radius 2 is 2.03 bits per heavy atom. The molecule has 1 fully saturated rings. The lowest BCUT2D eigenvalue weighted by Gasteiger charge is -2.31. The van der Waals surface area contributed by atoms with Gasteiger partial charge < -0.3 is 9.47 Å². The van der Waals surface area contributed by atoms with Crippen molar-refractivity contribution in [3.63, 3.8) is 0 Å². The van der Waals surface area contributed by atoms with E-state index in [9.17, 15) is 13.6 Å². The van der Waals surface area contributed by atoms with Gasteiger partial charge in [0.05, 0.1) is 12.3 Å². The minimum atomic E-state index is -2.85. The van der Waals surface area contributed by atoms with Crippen LogP contribution in [-0.4, -0.2) is 47.9 Å². The van der Waals surface area contributed by atoms with E-state index in [1.807, 2.05) is 18.2 Å². The number of alkyl halides is 2. The molecular weight excluding hydrogens is 482 g/mol. The molecule has 2 aliphatic heterocycles. The van der Waals surface area contributed by atoms with Gasteiger partial charge in [-0.25, -0.2) is 13.8 Å². The summed E-state index contributed by atoms with van der Waals surface area (Å²) in [6.07, 6.45) is 9.26. The van der Waals surface area contributed by atoms with Crippen molar-refractivity contribution in [3.8, 4) is 10.9 Å². The molecule has 3 aliphatic rings. The van der Waals surface area contributed by atoms with Gasteiger partial charge in [0.15, 0.2) is 12.4 Å². The van der Waals surface area contributed by atoms with E-state index < -0.39 is 12.5 Å². The van der Waals surface area contributed by atoms with Crippen molar-refractivity contribution in [1.82, 2.24) is 9.88 Å². The fraction of sp³-hybridized carbons (Fsp3) is 0.643. The van der Waals surface area contributed by atoms with E-state index in [0.29, 0.717) is 23.5 Å². The molecule has 1 saturated carbocycles. The van der Waals surface area contributed by atoms with Gasteiger partial charge in [-0.15, -0.1) is 0 Å². The van der Waals surface area contributed by atoms with Crippen LogP contribution >= 0.6 is 11.3 Å². The summed E-state index contributed by atoms with van der Waals surface area (Å²) in [6.45, 7) is 3.76. The van der Waals surface area contributed by atoms with Gasteiger partial charge in [0.25, 0.3) is 11.1 Å². The number of Topliss-reactive ketones (excluding diaryl/α,β-unsaturated/α-hetero) is 1. The van der Waals surface area contributed by atoms with Crippen LogP contribution in [0.2, 0.25) is 0 Å². The lowest BCUT2D eigenvalue weighted by Crippen LogP contribution is -2.32. The summed E-state index contributed by atoms with van der Waals surface area (Å²) >= 11 is 1.41.